The highest BCUT2D eigenvalue weighted by Gasteiger charge is 2.31. The number of alkyl halides is 3. The smallest absolute Gasteiger partial charge is 0.406 e. The minimum atomic E-state index is -4.73. The third-order valence-corrected chi connectivity index (χ3v) is 6.65. The number of ether oxygens (including phenoxy) is 1. The molecule has 2 N–H and O–H groups in total. The first-order valence-electron chi connectivity index (χ1n) is 9.78. The van der Waals surface area contributed by atoms with Crippen LogP contribution in [0.25, 0.3) is 0 Å². The number of nitrogens with one attached hydrogen (secondary N) is 2. The van der Waals surface area contributed by atoms with Crippen LogP contribution in [0.1, 0.15) is 31.7 Å². The molecule has 0 radical (unpaired) electrons. The van der Waals surface area contributed by atoms with Crippen molar-refractivity contribution in [2.24, 2.45) is 0 Å². The van der Waals surface area contributed by atoms with Crippen molar-refractivity contribution in [3.8, 4) is 5.75 Å². The maximum atomic E-state index is 12.4. The molecule has 0 aliphatic heterocycles. The van der Waals surface area contributed by atoms with Crippen molar-refractivity contribution in [2.75, 3.05) is 16.4 Å². The number of carbonyl (C=O) groups excluding carboxylic acids is 1. The quantitative estimate of drug-likeness (QED) is 0.423. The Morgan fingerprint density at radius 2 is 1.94 bits per heavy atom. The summed E-state index contributed by atoms with van der Waals surface area (Å²) in [6.45, 7) is 0. The second kappa shape index (κ2) is 9.77. The number of amides is 1. The summed E-state index contributed by atoms with van der Waals surface area (Å²) < 4.78 is 43.0. The second-order valence-electron chi connectivity index (χ2n) is 7.01. The number of hydrogen-bond acceptors (Lipinski definition) is 8. The Labute approximate surface area is 189 Å². The van der Waals surface area contributed by atoms with E-state index in [0.717, 1.165) is 12.8 Å². The van der Waals surface area contributed by atoms with E-state index >= 15 is 0 Å². The van der Waals surface area contributed by atoms with Crippen LogP contribution in [0.5, 0.6) is 5.75 Å². The van der Waals surface area contributed by atoms with Crippen molar-refractivity contribution in [3.05, 3.63) is 36.5 Å². The molecule has 13 heteroatoms. The average molecular weight is 485 g/mol. The Bertz CT molecular complexity index is 1050. The molecule has 1 aromatic carbocycles. The Morgan fingerprint density at radius 1 is 1.19 bits per heavy atom. The van der Waals surface area contributed by atoms with Crippen LogP contribution in [0.3, 0.4) is 0 Å². The lowest BCUT2D eigenvalue weighted by atomic mass is 10.2. The molecule has 170 valence electrons. The van der Waals surface area contributed by atoms with E-state index in [-0.39, 0.29) is 17.4 Å². The molecule has 0 unspecified atom stereocenters. The lowest BCUT2D eigenvalue weighted by Crippen LogP contribution is -2.19. The topological polar surface area (TPSA) is 94.0 Å². The Balaban J connectivity index is 1.26. The van der Waals surface area contributed by atoms with Crippen LogP contribution in [-0.2, 0) is 4.79 Å². The van der Waals surface area contributed by atoms with Crippen molar-refractivity contribution in [3.63, 3.8) is 0 Å². The number of rotatable bonds is 8. The summed E-state index contributed by atoms with van der Waals surface area (Å²) >= 11 is 2.48. The van der Waals surface area contributed by atoms with Gasteiger partial charge in [-0.1, -0.05) is 35.9 Å². The molecule has 2 aromatic heterocycles. The van der Waals surface area contributed by atoms with Gasteiger partial charge < -0.3 is 15.4 Å². The van der Waals surface area contributed by atoms with E-state index in [2.05, 4.69) is 30.7 Å². The highest BCUT2D eigenvalue weighted by molar-refractivity contribution is 8.01. The number of hydrogen-bond donors (Lipinski definition) is 2. The molecule has 0 saturated heterocycles. The molecular weight excluding hydrogens is 465 g/mol. The Morgan fingerprint density at radius 3 is 2.66 bits per heavy atom. The molecule has 0 spiro atoms. The number of anilines is 3. The lowest BCUT2D eigenvalue weighted by Gasteiger charge is -2.14. The molecule has 1 saturated carbocycles. The summed E-state index contributed by atoms with van der Waals surface area (Å²) in [5.41, 5.74) is 0.533. The van der Waals surface area contributed by atoms with Gasteiger partial charge >= 0.3 is 6.36 Å². The molecule has 0 atom stereocenters. The Hall–Kier alpha value is -2.80. The van der Waals surface area contributed by atoms with Gasteiger partial charge in [0, 0.05) is 11.8 Å². The van der Waals surface area contributed by atoms with E-state index in [1.54, 1.807) is 12.3 Å². The molecule has 1 aliphatic carbocycles. The van der Waals surface area contributed by atoms with Crippen LogP contribution >= 0.6 is 23.1 Å². The minimum Gasteiger partial charge on any atom is -0.406 e. The summed E-state index contributed by atoms with van der Waals surface area (Å²) in [6.07, 6.45) is 1.43. The van der Waals surface area contributed by atoms with Gasteiger partial charge in [0.2, 0.25) is 11.0 Å². The van der Waals surface area contributed by atoms with Crippen molar-refractivity contribution < 1.29 is 22.7 Å². The second-order valence-corrected chi connectivity index (χ2v) is 9.21. The largest absolute Gasteiger partial charge is 0.573 e. The summed E-state index contributed by atoms with van der Waals surface area (Å²) in [6, 6.07) is 7.41. The van der Waals surface area contributed by atoms with Crippen LogP contribution < -0.4 is 15.4 Å². The molecular formula is C19H19F3N6O2S2. The zero-order valence-corrected chi connectivity index (χ0v) is 18.3. The van der Waals surface area contributed by atoms with Gasteiger partial charge in [0.1, 0.15) is 11.6 Å². The number of carbonyl (C=O) groups is 1. The summed E-state index contributed by atoms with van der Waals surface area (Å²) in [7, 11) is 0. The fourth-order valence-electron chi connectivity index (χ4n) is 3.34. The van der Waals surface area contributed by atoms with E-state index < -0.39 is 6.36 Å². The number of thioether (sulfide) groups is 1. The van der Waals surface area contributed by atoms with Crippen molar-refractivity contribution in [1.82, 2.24) is 20.0 Å². The predicted molar refractivity (Wildman–Crippen MR) is 115 cm³/mol. The maximum absolute atomic E-state index is 12.4. The number of benzene rings is 1. The van der Waals surface area contributed by atoms with Crippen molar-refractivity contribution in [2.45, 2.75) is 42.4 Å². The van der Waals surface area contributed by atoms with Crippen molar-refractivity contribution in [1.29, 1.82) is 0 Å². The molecule has 1 amide bonds. The molecule has 4 rings (SSSR count). The van der Waals surface area contributed by atoms with Gasteiger partial charge in [-0.15, -0.1) is 23.4 Å². The number of nitrogens with zero attached hydrogens (tertiary/aromatic N) is 4. The molecule has 1 fully saturated rings. The predicted octanol–water partition coefficient (Wildman–Crippen LogP) is 5.22. The molecule has 2 heterocycles. The van der Waals surface area contributed by atoms with Gasteiger partial charge in [-0.25, -0.2) is 4.68 Å². The van der Waals surface area contributed by atoms with E-state index in [9.17, 15) is 18.0 Å². The van der Waals surface area contributed by atoms with E-state index in [1.165, 1.54) is 60.2 Å². The third kappa shape index (κ3) is 6.13. The summed E-state index contributed by atoms with van der Waals surface area (Å²) in [4.78, 5) is 12.4. The van der Waals surface area contributed by atoms with Crippen LogP contribution in [0.15, 0.2) is 40.9 Å². The first kappa shape index (κ1) is 22.4. The average Bonchev–Trinajstić information content (AvgIpc) is 3.48. The lowest BCUT2D eigenvalue weighted by molar-refractivity contribution is -0.274. The fraction of sp³-hybridized carbons (Fsp3) is 0.368. The first-order valence-corrected chi connectivity index (χ1v) is 11.6. The highest BCUT2D eigenvalue weighted by atomic mass is 32.2. The third-order valence-electron chi connectivity index (χ3n) is 4.68. The van der Waals surface area contributed by atoms with Gasteiger partial charge in [-0.2, -0.15) is 5.10 Å². The molecule has 3 aromatic rings. The normalized spacial score (nSPS) is 14.5. The van der Waals surface area contributed by atoms with Crippen molar-refractivity contribution >= 4 is 45.6 Å². The minimum absolute atomic E-state index is 0.161. The van der Waals surface area contributed by atoms with Gasteiger partial charge in [-0.3, -0.25) is 4.79 Å². The van der Waals surface area contributed by atoms with Crippen LogP contribution in [0.2, 0.25) is 0 Å². The molecule has 8 nitrogen and oxygen atoms in total. The molecule has 32 heavy (non-hydrogen) atoms. The van der Waals surface area contributed by atoms with Gasteiger partial charge in [0.25, 0.3) is 0 Å². The Kier molecular flexibility index (Phi) is 6.84. The summed E-state index contributed by atoms with van der Waals surface area (Å²) in [5.74, 6) is 0.380. The first-order chi connectivity index (χ1) is 15.4. The van der Waals surface area contributed by atoms with Crippen LogP contribution in [-0.4, -0.2) is 38.0 Å². The van der Waals surface area contributed by atoms with E-state index in [0.29, 0.717) is 27.0 Å². The van der Waals surface area contributed by atoms with E-state index in [1.807, 2.05) is 4.68 Å². The van der Waals surface area contributed by atoms with Crippen LogP contribution in [0, 0.1) is 0 Å². The highest BCUT2D eigenvalue weighted by Crippen LogP contribution is 2.32. The monoisotopic (exact) mass is 484 g/mol. The molecule has 1 aliphatic rings. The van der Waals surface area contributed by atoms with Gasteiger partial charge in [0.15, 0.2) is 4.34 Å². The fourth-order valence-corrected chi connectivity index (χ4v) is 4.91. The maximum Gasteiger partial charge on any atom is 0.573 e. The van der Waals surface area contributed by atoms with Gasteiger partial charge in [0.05, 0.1) is 18.0 Å². The van der Waals surface area contributed by atoms with Crippen LogP contribution in [0.4, 0.5) is 29.8 Å². The number of halogens is 3. The standard InChI is InChI=1S/C19H19F3N6O2S2/c20-19(21,22)30-14-7-5-12(6-8-14)24-17-26-27-18(32-17)31-11-16(29)25-15-9-10-23-28(15)13-3-1-2-4-13/h5-10,13H,1-4,11H2,(H,24,26)(H,25,29). The van der Waals surface area contributed by atoms with E-state index in [4.69, 9.17) is 0 Å². The summed E-state index contributed by atoms with van der Waals surface area (Å²) in [5, 5.41) is 18.7. The zero-order valence-electron chi connectivity index (χ0n) is 16.6. The SMILES string of the molecule is O=C(CSc1nnc(Nc2ccc(OC(F)(F)F)cc2)s1)Nc1ccnn1C1CCCC1. The van der Waals surface area contributed by atoms with Gasteiger partial charge in [-0.05, 0) is 37.1 Å². The number of aromatic nitrogens is 4. The zero-order chi connectivity index (χ0) is 22.6. The molecule has 0 bridgehead atoms.